The average molecular weight is 393 g/mol. The van der Waals surface area contributed by atoms with E-state index >= 15 is 0 Å². The highest BCUT2D eigenvalue weighted by Crippen LogP contribution is 2.32. The first-order valence-electron chi connectivity index (χ1n) is 8.58. The molecule has 0 bridgehead atoms. The summed E-state index contributed by atoms with van der Waals surface area (Å²) in [5, 5.41) is 10.3. The lowest BCUT2D eigenvalue weighted by molar-refractivity contribution is 0.0500. The van der Waals surface area contributed by atoms with Gasteiger partial charge in [0.05, 0.1) is 0 Å². The first-order chi connectivity index (χ1) is 10.8. The van der Waals surface area contributed by atoms with Gasteiger partial charge in [-0.05, 0) is 31.0 Å². The fourth-order valence-corrected chi connectivity index (χ4v) is 2.92. The minimum absolute atomic E-state index is 0. The van der Waals surface area contributed by atoms with Gasteiger partial charge < -0.3 is 14.7 Å². The van der Waals surface area contributed by atoms with Crippen molar-refractivity contribution in [2.45, 2.75) is 39.2 Å². The van der Waals surface area contributed by atoms with Crippen LogP contribution in [0.3, 0.4) is 0 Å². The molecule has 1 aromatic carbocycles. The quantitative estimate of drug-likeness (QED) is 0.834. The zero-order valence-corrected chi connectivity index (χ0v) is 17.8. The standard InChI is InChI=1S/C19H32N2O2.2ClH/c1-15-6-7-18(17(12-15)19(2,3)4)23-14-16(22)13-21-10-8-20(5)9-11-21;;/h6-7,12,16,22H,8-11,13-14H2,1-5H3;2*1H. The summed E-state index contributed by atoms with van der Waals surface area (Å²) in [6, 6.07) is 6.28. The molecule has 6 heteroatoms. The molecule has 0 aliphatic carbocycles. The third kappa shape index (κ3) is 7.71. The zero-order valence-electron chi connectivity index (χ0n) is 16.1. The van der Waals surface area contributed by atoms with Crippen LogP contribution in [0.2, 0.25) is 0 Å². The number of rotatable bonds is 5. The second-order valence-corrected chi connectivity index (χ2v) is 7.82. The Balaban J connectivity index is 0.00000288. The number of hydrogen-bond donors (Lipinski definition) is 1. The van der Waals surface area contributed by atoms with E-state index in [1.54, 1.807) is 0 Å². The molecule has 1 saturated heterocycles. The van der Waals surface area contributed by atoms with Crippen molar-refractivity contribution < 1.29 is 9.84 Å². The lowest BCUT2D eigenvalue weighted by Gasteiger charge is -2.33. The predicted octanol–water partition coefficient (Wildman–Crippen LogP) is 3.12. The fourth-order valence-electron chi connectivity index (χ4n) is 2.92. The average Bonchev–Trinajstić information content (AvgIpc) is 2.47. The van der Waals surface area contributed by atoms with Crippen LogP contribution in [0, 0.1) is 6.92 Å². The summed E-state index contributed by atoms with van der Waals surface area (Å²) in [5.41, 5.74) is 2.47. The molecule has 1 atom stereocenters. The van der Waals surface area contributed by atoms with Gasteiger partial charge in [0, 0.05) is 32.7 Å². The van der Waals surface area contributed by atoms with Gasteiger partial charge in [0.25, 0.3) is 0 Å². The van der Waals surface area contributed by atoms with Crippen molar-refractivity contribution in [3.63, 3.8) is 0 Å². The number of aliphatic hydroxyl groups excluding tert-OH is 1. The van der Waals surface area contributed by atoms with E-state index in [4.69, 9.17) is 4.74 Å². The van der Waals surface area contributed by atoms with Crippen molar-refractivity contribution in [2.75, 3.05) is 46.4 Å². The van der Waals surface area contributed by atoms with E-state index in [1.165, 1.54) is 11.1 Å². The third-order valence-corrected chi connectivity index (χ3v) is 4.44. The van der Waals surface area contributed by atoms with Crippen molar-refractivity contribution in [2.24, 2.45) is 0 Å². The van der Waals surface area contributed by atoms with Crippen LogP contribution < -0.4 is 4.74 Å². The Labute approximate surface area is 165 Å². The number of likely N-dealkylation sites (N-methyl/N-ethyl adjacent to an activating group) is 1. The lowest BCUT2D eigenvalue weighted by atomic mass is 9.85. The Morgan fingerprint density at radius 3 is 2.28 bits per heavy atom. The molecule has 0 spiro atoms. The minimum Gasteiger partial charge on any atom is -0.491 e. The molecule has 1 heterocycles. The van der Waals surface area contributed by atoms with Gasteiger partial charge in [-0.3, -0.25) is 4.90 Å². The Morgan fingerprint density at radius 1 is 1.12 bits per heavy atom. The number of aliphatic hydroxyl groups is 1. The first-order valence-corrected chi connectivity index (χ1v) is 8.58. The van der Waals surface area contributed by atoms with Gasteiger partial charge in [0.1, 0.15) is 18.5 Å². The summed E-state index contributed by atoms with van der Waals surface area (Å²) in [7, 11) is 2.14. The van der Waals surface area contributed by atoms with Crippen molar-refractivity contribution in [1.29, 1.82) is 0 Å². The molecule has 1 aliphatic rings. The van der Waals surface area contributed by atoms with Crippen LogP contribution in [0.1, 0.15) is 31.9 Å². The normalized spacial score (nSPS) is 17.4. The van der Waals surface area contributed by atoms with E-state index in [-0.39, 0.29) is 30.2 Å². The van der Waals surface area contributed by atoms with Crippen LogP contribution in [-0.2, 0) is 5.41 Å². The van der Waals surface area contributed by atoms with Crippen molar-refractivity contribution in [3.05, 3.63) is 29.3 Å². The largest absolute Gasteiger partial charge is 0.491 e. The first kappa shape index (κ1) is 24.5. The van der Waals surface area contributed by atoms with Gasteiger partial charge in [-0.2, -0.15) is 0 Å². The van der Waals surface area contributed by atoms with Gasteiger partial charge in [0.2, 0.25) is 0 Å². The number of piperazine rings is 1. The summed E-state index contributed by atoms with van der Waals surface area (Å²) in [5.74, 6) is 0.889. The smallest absolute Gasteiger partial charge is 0.123 e. The van der Waals surface area contributed by atoms with Crippen LogP contribution in [-0.4, -0.2) is 67.4 Å². The van der Waals surface area contributed by atoms with E-state index < -0.39 is 6.10 Å². The maximum atomic E-state index is 10.3. The Kier molecular flexibility index (Phi) is 10.4. The number of benzene rings is 1. The van der Waals surface area contributed by atoms with Gasteiger partial charge in [0.15, 0.2) is 0 Å². The maximum Gasteiger partial charge on any atom is 0.123 e. The maximum absolute atomic E-state index is 10.3. The lowest BCUT2D eigenvalue weighted by Crippen LogP contribution is -2.47. The Bertz CT molecular complexity index is 513. The third-order valence-electron chi connectivity index (χ3n) is 4.44. The highest BCUT2D eigenvalue weighted by Gasteiger charge is 2.21. The molecule has 1 aromatic rings. The second kappa shape index (κ2) is 10.6. The summed E-state index contributed by atoms with van der Waals surface area (Å²) < 4.78 is 5.96. The topological polar surface area (TPSA) is 35.9 Å². The Morgan fingerprint density at radius 2 is 1.72 bits per heavy atom. The monoisotopic (exact) mass is 392 g/mol. The van der Waals surface area contributed by atoms with Crippen LogP contribution in [0.4, 0.5) is 0 Å². The molecule has 4 nitrogen and oxygen atoms in total. The molecular formula is C19H34Cl2N2O2. The van der Waals surface area contributed by atoms with Crippen LogP contribution in [0.25, 0.3) is 0 Å². The fraction of sp³-hybridized carbons (Fsp3) is 0.684. The number of ether oxygens (including phenoxy) is 1. The molecule has 2 rings (SSSR count). The summed E-state index contributed by atoms with van der Waals surface area (Å²) in [6.07, 6.45) is -0.451. The summed E-state index contributed by atoms with van der Waals surface area (Å²) >= 11 is 0. The van der Waals surface area contributed by atoms with E-state index in [2.05, 4.69) is 56.7 Å². The number of hydrogen-bond acceptors (Lipinski definition) is 4. The molecule has 1 unspecified atom stereocenters. The molecule has 146 valence electrons. The predicted molar refractivity (Wildman–Crippen MR) is 110 cm³/mol. The molecule has 1 N–H and O–H groups in total. The van der Waals surface area contributed by atoms with E-state index in [1.807, 2.05) is 6.07 Å². The van der Waals surface area contributed by atoms with Crippen LogP contribution in [0.15, 0.2) is 18.2 Å². The number of halogens is 2. The molecule has 25 heavy (non-hydrogen) atoms. The van der Waals surface area contributed by atoms with Crippen molar-refractivity contribution in [1.82, 2.24) is 9.80 Å². The van der Waals surface area contributed by atoms with Crippen LogP contribution in [0.5, 0.6) is 5.75 Å². The van der Waals surface area contributed by atoms with Gasteiger partial charge in [-0.15, -0.1) is 24.8 Å². The van der Waals surface area contributed by atoms with E-state index in [0.717, 1.165) is 31.9 Å². The number of aryl methyl sites for hydroxylation is 1. The van der Waals surface area contributed by atoms with E-state index in [0.29, 0.717) is 13.2 Å². The number of β-amino-alcohol motifs (C(OH)–C–C–N with tert-alkyl or cyclic N) is 1. The molecule has 1 fully saturated rings. The van der Waals surface area contributed by atoms with Gasteiger partial charge in [-0.1, -0.05) is 38.5 Å². The minimum atomic E-state index is -0.451. The molecular weight excluding hydrogens is 359 g/mol. The zero-order chi connectivity index (χ0) is 17.0. The molecule has 0 aromatic heterocycles. The van der Waals surface area contributed by atoms with Gasteiger partial charge in [-0.25, -0.2) is 0 Å². The molecule has 0 saturated carbocycles. The summed E-state index contributed by atoms with van der Waals surface area (Å²) in [6.45, 7) is 13.9. The number of nitrogens with zero attached hydrogens (tertiary/aromatic N) is 2. The molecule has 0 amide bonds. The van der Waals surface area contributed by atoms with Crippen molar-refractivity contribution >= 4 is 24.8 Å². The highest BCUT2D eigenvalue weighted by atomic mass is 35.5. The second-order valence-electron chi connectivity index (χ2n) is 7.82. The summed E-state index contributed by atoms with van der Waals surface area (Å²) in [4.78, 5) is 4.63. The molecule has 0 radical (unpaired) electrons. The highest BCUT2D eigenvalue weighted by molar-refractivity contribution is 5.85. The van der Waals surface area contributed by atoms with Gasteiger partial charge >= 0.3 is 0 Å². The Hall–Kier alpha value is -0.520. The van der Waals surface area contributed by atoms with Crippen molar-refractivity contribution in [3.8, 4) is 5.75 Å². The van der Waals surface area contributed by atoms with E-state index in [9.17, 15) is 5.11 Å². The molecule has 1 aliphatic heterocycles. The SMILES string of the molecule is Cc1ccc(OCC(O)CN2CCN(C)CC2)c(C(C)(C)C)c1.Cl.Cl. The van der Waals surface area contributed by atoms with Crippen LogP contribution >= 0.6 is 24.8 Å².